The van der Waals surface area contributed by atoms with Gasteiger partial charge in [-0.25, -0.2) is 0 Å². The Kier molecular flexibility index (Phi) is 9.51. The molecule has 0 bridgehead atoms. The highest BCUT2D eigenvalue weighted by Crippen LogP contribution is 2.10. The Morgan fingerprint density at radius 3 is 1.90 bits per heavy atom. The molecule has 0 aromatic carbocycles. The maximum absolute atomic E-state index is 11.2. The molecular formula is C18H29NO2. The molecule has 0 aliphatic heterocycles. The summed E-state index contributed by atoms with van der Waals surface area (Å²) in [4.78, 5) is 22.2. The van der Waals surface area contributed by atoms with Gasteiger partial charge in [0.25, 0.3) is 0 Å². The Morgan fingerprint density at radius 1 is 0.762 bits per heavy atom. The van der Waals surface area contributed by atoms with E-state index in [0.29, 0.717) is 0 Å². The van der Waals surface area contributed by atoms with Crippen molar-refractivity contribution in [1.82, 2.24) is 5.32 Å². The zero-order valence-corrected chi connectivity index (χ0v) is 13.3. The number of carbonyl (C=O) groups excluding carboxylic acids is 2. The number of rotatable bonds is 12. The molecule has 118 valence electrons. The van der Waals surface area contributed by atoms with E-state index in [2.05, 4.69) is 12.2 Å². The summed E-state index contributed by atoms with van der Waals surface area (Å²) in [5.74, 6) is -0.859. The van der Waals surface area contributed by atoms with Crippen LogP contribution >= 0.6 is 0 Å². The van der Waals surface area contributed by atoms with Crippen LogP contribution < -0.4 is 5.32 Å². The van der Waals surface area contributed by atoms with Gasteiger partial charge in [0.1, 0.15) is 0 Å². The number of hydrogen-bond acceptors (Lipinski definition) is 3. The zero-order chi connectivity index (χ0) is 15.3. The van der Waals surface area contributed by atoms with E-state index in [0.717, 1.165) is 18.7 Å². The molecule has 0 unspecified atom stereocenters. The molecule has 1 aliphatic rings. The molecule has 3 heteroatoms. The number of hydrogen-bond donors (Lipinski definition) is 1. The monoisotopic (exact) mass is 291 g/mol. The second-order valence-corrected chi connectivity index (χ2v) is 5.77. The molecule has 0 aromatic heterocycles. The lowest BCUT2D eigenvalue weighted by molar-refractivity contribution is -0.131. The lowest BCUT2D eigenvalue weighted by Gasteiger charge is -2.09. The summed E-state index contributed by atoms with van der Waals surface area (Å²) in [5.41, 5.74) is 0.760. The summed E-state index contributed by atoms with van der Waals surface area (Å²) in [6.07, 6.45) is 17.6. The second-order valence-electron chi connectivity index (χ2n) is 5.77. The van der Waals surface area contributed by atoms with Crippen molar-refractivity contribution in [2.75, 3.05) is 6.54 Å². The maximum atomic E-state index is 11.2. The van der Waals surface area contributed by atoms with Crippen LogP contribution in [0.2, 0.25) is 0 Å². The van der Waals surface area contributed by atoms with E-state index in [1.54, 1.807) is 6.08 Å². The van der Waals surface area contributed by atoms with Gasteiger partial charge >= 0.3 is 0 Å². The van der Waals surface area contributed by atoms with Crippen molar-refractivity contribution in [3.8, 4) is 0 Å². The van der Waals surface area contributed by atoms with Gasteiger partial charge in [-0.2, -0.15) is 0 Å². The first-order chi connectivity index (χ1) is 10.2. The number of nitrogens with one attached hydrogen (secondary N) is 1. The Labute approximate surface area is 128 Å². The van der Waals surface area contributed by atoms with Crippen molar-refractivity contribution in [3.63, 3.8) is 0 Å². The molecule has 3 nitrogen and oxygen atoms in total. The summed E-state index contributed by atoms with van der Waals surface area (Å²) < 4.78 is 0. The first-order valence-corrected chi connectivity index (χ1v) is 8.46. The predicted molar refractivity (Wildman–Crippen MR) is 87.1 cm³/mol. The number of unbranched alkanes of at least 4 members (excludes halogenated alkanes) is 9. The third-order valence-corrected chi connectivity index (χ3v) is 3.80. The predicted octanol–water partition coefficient (Wildman–Crippen LogP) is 4.09. The molecule has 0 amide bonds. The molecule has 0 saturated heterocycles. The van der Waals surface area contributed by atoms with E-state index in [9.17, 15) is 9.59 Å². The fraction of sp³-hybridized carbons (Fsp3) is 0.667. The molecule has 1 aliphatic carbocycles. The second kappa shape index (κ2) is 11.3. The van der Waals surface area contributed by atoms with Crippen LogP contribution in [0.3, 0.4) is 0 Å². The van der Waals surface area contributed by atoms with Crippen LogP contribution in [-0.4, -0.2) is 18.1 Å². The lowest BCUT2D eigenvalue weighted by Crippen LogP contribution is -2.20. The van der Waals surface area contributed by atoms with E-state index in [4.69, 9.17) is 0 Å². The molecule has 1 N–H and O–H groups in total. The normalized spacial score (nSPS) is 14.4. The summed E-state index contributed by atoms with van der Waals surface area (Å²) in [5, 5.41) is 3.20. The first kappa shape index (κ1) is 17.7. The first-order valence-electron chi connectivity index (χ1n) is 8.46. The summed E-state index contributed by atoms with van der Waals surface area (Å²) in [6, 6.07) is 0. The fourth-order valence-electron chi connectivity index (χ4n) is 2.46. The van der Waals surface area contributed by atoms with Crippen molar-refractivity contribution in [1.29, 1.82) is 0 Å². The summed E-state index contributed by atoms with van der Waals surface area (Å²) in [6.45, 7) is 3.12. The molecule has 0 radical (unpaired) electrons. The topological polar surface area (TPSA) is 46.2 Å². The van der Waals surface area contributed by atoms with Gasteiger partial charge in [-0.1, -0.05) is 64.7 Å². The van der Waals surface area contributed by atoms with Gasteiger partial charge in [-0.15, -0.1) is 0 Å². The van der Waals surface area contributed by atoms with E-state index < -0.39 is 11.6 Å². The third kappa shape index (κ3) is 8.49. The molecule has 0 saturated carbocycles. The average Bonchev–Trinajstić information content (AvgIpc) is 2.48. The highest BCUT2D eigenvalue weighted by Gasteiger charge is 2.12. The molecule has 1 rings (SSSR count). The molecular weight excluding hydrogens is 262 g/mol. The SMILES string of the molecule is CCCCCCCCCCCCNC1=CC(=O)C(=O)C=C1. The Hall–Kier alpha value is -1.38. The smallest absolute Gasteiger partial charge is 0.227 e. The minimum absolute atomic E-state index is 0.428. The average molecular weight is 291 g/mol. The van der Waals surface area contributed by atoms with Gasteiger partial charge in [0.05, 0.1) is 0 Å². The standard InChI is InChI=1S/C18H29NO2/c1-2-3-4-5-6-7-8-9-10-11-14-19-16-12-13-17(20)18(21)15-16/h12-13,15,19H,2-11,14H2,1H3. The molecule has 21 heavy (non-hydrogen) atoms. The zero-order valence-electron chi connectivity index (χ0n) is 13.3. The van der Waals surface area contributed by atoms with Crippen LogP contribution in [0.4, 0.5) is 0 Å². The number of allylic oxidation sites excluding steroid dienone is 3. The maximum Gasteiger partial charge on any atom is 0.227 e. The van der Waals surface area contributed by atoms with Crippen LogP contribution in [0.1, 0.15) is 71.1 Å². The van der Waals surface area contributed by atoms with E-state index in [-0.39, 0.29) is 0 Å². The Morgan fingerprint density at radius 2 is 1.33 bits per heavy atom. The molecule has 0 heterocycles. The minimum atomic E-state index is -0.431. The highest BCUT2D eigenvalue weighted by atomic mass is 16.2. The minimum Gasteiger partial charge on any atom is -0.385 e. The van der Waals surface area contributed by atoms with E-state index in [1.807, 2.05) is 0 Å². The summed E-state index contributed by atoms with van der Waals surface area (Å²) in [7, 11) is 0. The molecule has 0 atom stereocenters. The quantitative estimate of drug-likeness (QED) is 0.335. The van der Waals surface area contributed by atoms with Crippen LogP contribution in [0.15, 0.2) is 23.9 Å². The molecule has 0 spiro atoms. The molecule has 0 aromatic rings. The van der Waals surface area contributed by atoms with Gasteiger partial charge in [0, 0.05) is 18.3 Å². The highest BCUT2D eigenvalue weighted by molar-refractivity contribution is 6.46. The molecule has 0 fully saturated rings. The van der Waals surface area contributed by atoms with Gasteiger partial charge in [-0.3, -0.25) is 9.59 Å². The lowest BCUT2D eigenvalue weighted by atomic mass is 10.1. The van der Waals surface area contributed by atoms with Gasteiger partial charge in [-0.05, 0) is 18.6 Å². The Bertz CT molecular complexity index is 383. The van der Waals surface area contributed by atoms with Crippen molar-refractivity contribution >= 4 is 11.6 Å². The van der Waals surface area contributed by atoms with Crippen molar-refractivity contribution in [2.45, 2.75) is 71.1 Å². The van der Waals surface area contributed by atoms with Crippen molar-refractivity contribution < 1.29 is 9.59 Å². The van der Waals surface area contributed by atoms with Crippen molar-refractivity contribution in [2.24, 2.45) is 0 Å². The van der Waals surface area contributed by atoms with Gasteiger partial charge in [0.15, 0.2) is 0 Å². The van der Waals surface area contributed by atoms with Crippen LogP contribution in [-0.2, 0) is 9.59 Å². The fourth-order valence-corrected chi connectivity index (χ4v) is 2.46. The summed E-state index contributed by atoms with van der Waals surface area (Å²) >= 11 is 0. The van der Waals surface area contributed by atoms with E-state index >= 15 is 0 Å². The Balaban J connectivity index is 1.89. The van der Waals surface area contributed by atoms with Crippen molar-refractivity contribution in [3.05, 3.63) is 23.9 Å². The number of ketones is 2. The van der Waals surface area contributed by atoms with Crippen LogP contribution in [0, 0.1) is 0 Å². The van der Waals surface area contributed by atoms with Gasteiger partial charge in [0.2, 0.25) is 11.6 Å². The van der Waals surface area contributed by atoms with E-state index in [1.165, 1.54) is 69.9 Å². The number of carbonyl (C=O) groups is 2. The third-order valence-electron chi connectivity index (χ3n) is 3.80. The van der Waals surface area contributed by atoms with Gasteiger partial charge < -0.3 is 5.32 Å². The van der Waals surface area contributed by atoms with Crippen LogP contribution in [0.25, 0.3) is 0 Å². The largest absolute Gasteiger partial charge is 0.385 e. The van der Waals surface area contributed by atoms with Crippen LogP contribution in [0.5, 0.6) is 0 Å².